The lowest BCUT2D eigenvalue weighted by molar-refractivity contribution is 0.0697. The van der Waals surface area contributed by atoms with Gasteiger partial charge in [-0.3, -0.25) is 9.97 Å². The van der Waals surface area contributed by atoms with Crippen LogP contribution in [0.2, 0.25) is 0 Å². The summed E-state index contributed by atoms with van der Waals surface area (Å²) in [5.41, 5.74) is 2.78. The van der Waals surface area contributed by atoms with Gasteiger partial charge in [0.15, 0.2) is 5.11 Å². The van der Waals surface area contributed by atoms with Gasteiger partial charge in [0.25, 0.3) is 0 Å². The Kier molecular flexibility index (Phi) is 5.58. The van der Waals surface area contributed by atoms with E-state index in [9.17, 15) is 4.79 Å². The second-order valence-electron chi connectivity index (χ2n) is 7.66. The zero-order chi connectivity index (χ0) is 22.8. The highest BCUT2D eigenvalue weighted by molar-refractivity contribution is 7.80. The van der Waals surface area contributed by atoms with Gasteiger partial charge in [0.2, 0.25) is 0 Å². The van der Waals surface area contributed by atoms with Crippen molar-refractivity contribution in [2.75, 3.05) is 0 Å². The van der Waals surface area contributed by atoms with E-state index >= 15 is 0 Å². The number of carbonyl (C=O) groups is 1. The second-order valence-corrected chi connectivity index (χ2v) is 8.05. The lowest BCUT2D eigenvalue weighted by Gasteiger charge is -2.25. The second kappa shape index (κ2) is 8.84. The fourth-order valence-corrected chi connectivity index (χ4v) is 4.30. The number of nitrogens with one attached hydrogen (secondary N) is 1. The molecule has 7 nitrogen and oxygen atoms in total. The number of aromatic nitrogens is 2. The van der Waals surface area contributed by atoms with Gasteiger partial charge in [-0.25, -0.2) is 4.79 Å². The number of furan rings is 1. The van der Waals surface area contributed by atoms with Crippen LogP contribution in [0, 0.1) is 0 Å². The summed E-state index contributed by atoms with van der Waals surface area (Å²) in [7, 11) is 0. The summed E-state index contributed by atoms with van der Waals surface area (Å²) in [6.07, 6.45) is 3.52. The summed E-state index contributed by atoms with van der Waals surface area (Å²) in [6, 6.07) is 21.6. The third kappa shape index (κ3) is 4.20. The minimum atomic E-state index is -0.962. The normalized spacial score (nSPS) is 17.7. The monoisotopic (exact) mass is 456 g/mol. The minimum Gasteiger partial charge on any atom is -0.478 e. The molecule has 0 spiro atoms. The van der Waals surface area contributed by atoms with Gasteiger partial charge in [0.1, 0.15) is 17.6 Å². The number of pyridine rings is 2. The largest absolute Gasteiger partial charge is 0.478 e. The lowest BCUT2D eigenvalue weighted by Crippen LogP contribution is -2.29. The molecule has 4 aromatic rings. The Hall–Kier alpha value is -4.04. The van der Waals surface area contributed by atoms with E-state index in [1.165, 1.54) is 0 Å². The van der Waals surface area contributed by atoms with Crippen molar-refractivity contribution in [3.05, 3.63) is 108 Å². The summed E-state index contributed by atoms with van der Waals surface area (Å²) in [6.45, 7) is 0.518. The number of carboxylic acids is 1. The number of thiocarbonyl (C=S) groups is 1. The van der Waals surface area contributed by atoms with Gasteiger partial charge in [-0.15, -0.1) is 0 Å². The predicted octanol–water partition coefficient (Wildman–Crippen LogP) is 4.61. The first kappa shape index (κ1) is 20.8. The van der Waals surface area contributed by atoms with Crippen molar-refractivity contribution in [3.63, 3.8) is 0 Å². The van der Waals surface area contributed by atoms with Crippen LogP contribution in [0.25, 0.3) is 11.3 Å². The van der Waals surface area contributed by atoms with Crippen LogP contribution in [-0.2, 0) is 6.54 Å². The standard InChI is InChI=1S/C25H20N4O3S/c30-24(31)17-9-7-16(8-10-17)20-11-12-21(32-20)23-22(19-6-2-4-14-27-19)28-25(33)29(23)15-18-5-1-3-13-26-18/h1-14,22-23H,15H2,(H,28,33)(H,30,31)/t22-,23-/m1/s1. The number of carboxylic acid groups (broad SMARTS) is 1. The highest BCUT2D eigenvalue weighted by Crippen LogP contribution is 2.41. The lowest BCUT2D eigenvalue weighted by atomic mass is 10.0. The van der Waals surface area contributed by atoms with Crippen LogP contribution in [0.5, 0.6) is 0 Å². The van der Waals surface area contributed by atoms with E-state index in [4.69, 9.17) is 21.7 Å². The van der Waals surface area contributed by atoms with Gasteiger partial charge in [-0.05, 0) is 60.7 Å². The number of aromatic carboxylic acids is 1. The average Bonchev–Trinajstić information content (AvgIpc) is 3.45. The molecule has 0 aliphatic carbocycles. The molecule has 164 valence electrons. The van der Waals surface area contributed by atoms with Gasteiger partial charge in [-0.2, -0.15) is 0 Å². The topological polar surface area (TPSA) is 91.5 Å². The maximum atomic E-state index is 11.2. The predicted molar refractivity (Wildman–Crippen MR) is 126 cm³/mol. The molecular weight excluding hydrogens is 436 g/mol. The number of rotatable bonds is 6. The summed E-state index contributed by atoms with van der Waals surface area (Å²) in [5, 5.41) is 13.1. The van der Waals surface area contributed by atoms with Crippen molar-refractivity contribution >= 4 is 23.3 Å². The fourth-order valence-electron chi connectivity index (χ4n) is 3.99. The zero-order valence-corrected chi connectivity index (χ0v) is 18.3. The van der Waals surface area contributed by atoms with E-state index in [2.05, 4.69) is 20.2 Å². The van der Waals surface area contributed by atoms with Crippen LogP contribution in [0.4, 0.5) is 0 Å². The Morgan fingerprint density at radius 1 is 1.00 bits per heavy atom. The molecular formula is C25H20N4O3S. The van der Waals surface area contributed by atoms with Crippen molar-refractivity contribution in [1.82, 2.24) is 20.2 Å². The van der Waals surface area contributed by atoms with Crippen LogP contribution < -0.4 is 5.32 Å². The molecule has 8 heteroatoms. The molecule has 1 fully saturated rings. The molecule has 0 radical (unpaired) electrons. The van der Waals surface area contributed by atoms with Crippen LogP contribution in [0.3, 0.4) is 0 Å². The van der Waals surface area contributed by atoms with Crippen molar-refractivity contribution in [2.24, 2.45) is 0 Å². The summed E-state index contributed by atoms with van der Waals surface area (Å²) in [5.74, 6) is 0.416. The minimum absolute atomic E-state index is 0.198. The van der Waals surface area contributed by atoms with Crippen molar-refractivity contribution in [3.8, 4) is 11.3 Å². The first-order chi connectivity index (χ1) is 16.1. The fraction of sp³-hybridized carbons (Fsp3) is 0.120. The maximum absolute atomic E-state index is 11.2. The molecule has 4 heterocycles. The zero-order valence-electron chi connectivity index (χ0n) is 17.5. The summed E-state index contributed by atoms with van der Waals surface area (Å²) >= 11 is 5.69. The first-order valence-electron chi connectivity index (χ1n) is 10.4. The van der Waals surface area contributed by atoms with Crippen molar-refractivity contribution in [2.45, 2.75) is 18.6 Å². The molecule has 0 unspecified atom stereocenters. The molecule has 1 saturated heterocycles. The highest BCUT2D eigenvalue weighted by Gasteiger charge is 2.41. The van der Waals surface area contributed by atoms with E-state index in [1.807, 2.05) is 48.5 Å². The number of benzene rings is 1. The molecule has 0 saturated carbocycles. The van der Waals surface area contributed by atoms with Crippen LogP contribution in [0.1, 0.15) is 39.6 Å². The van der Waals surface area contributed by atoms with Gasteiger partial charge in [0, 0.05) is 18.0 Å². The number of nitrogens with zero attached hydrogens (tertiary/aromatic N) is 3. The molecule has 3 aromatic heterocycles. The molecule has 0 amide bonds. The molecule has 33 heavy (non-hydrogen) atoms. The summed E-state index contributed by atoms with van der Waals surface area (Å²) < 4.78 is 6.29. The molecule has 2 atom stereocenters. The average molecular weight is 457 g/mol. The number of hydrogen-bond acceptors (Lipinski definition) is 5. The Labute approximate surface area is 195 Å². The quantitative estimate of drug-likeness (QED) is 0.407. The molecule has 1 aliphatic heterocycles. The molecule has 1 aliphatic rings. The molecule has 1 aromatic carbocycles. The van der Waals surface area contributed by atoms with Crippen molar-refractivity contribution in [1.29, 1.82) is 0 Å². The van der Waals surface area contributed by atoms with Gasteiger partial charge in [0.05, 0.1) is 29.5 Å². The molecule has 2 N–H and O–H groups in total. The first-order valence-corrected chi connectivity index (χ1v) is 10.8. The maximum Gasteiger partial charge on any atom is 0.335 e. The van der Waals surface area contributed by atoms with Gasteiger partial charge >= 0.3 is 5.97 Å². The van der Waals surface area contributed by atoms with E-state index in [0.29, 0.717) is 17.4 Å². The smallest absolute Gasteiger partial charge is 0.335 e. The van der Waals surface area contributed by atoms with Crippen LogP contribution in [0.15, 0.2) is 89.6 Å². The van der Waals surface area contributed by atoms with E-state index in [0.717, 1.165) is 22.7 Å². The third-order valence-electron chi connectivity index (χ3n) is 5.59. The van der Waals surface area contributed by atoms with E-state index in [-0.39, 0.29) is 17.6 Å². The van der Waals surface area contributed by atoms with Crippen LogP contribution in [-0.4, -0.2) is 31.1 Å². The van der Waals surface area contributed by atoms with Crippen molar-refractivity contribution < 1.29 is 14.3 Å². The Morgan fingerprint density at radius 3 is 2.42 bits per heavy atom. The van der Waals surface area contributed by atoms with E-state index in [1.54, 1.807) is 36.7 Å². The molecule has 0 bridgehead atoms. The molecule has 5 rings (SSSR count). The van der Waals surface area contributed by atoms with Crippen LogP contribution >= 0.6 is 12.2 Å². The Balaban J connectivity index is 1.51. The Morgan fingerprint density at radius 2 is 1.76 bits per heavy atom. The summed E-state index contributed by atoms with van der Waals surface area (Å²) in [4.78, 5) is 22.2. The third-order valence-corrected chi connectivity index (χ3v) is 5.94. The van der Waals surface area contributed by atoms with Gasteiger partial charge in [-0.1, -0.05) is 24.3 Å². The van der Waals surface area contributed by atoms with E-state index < -0.39 is 5.97 Å². The highest BCUT2D eigenvalue weighted by atomic mass is 32.1. The van der Waals surface area contributed by atoms with Gasteiger partial charge < -0.3 is 19.7 Å². The number of hydrogen-bond donors (Lipinski definition) is 2. The SMILES string of the molecule is O=C(O)c1ccc(-c2ccc([C@@H]3[C@@H](c4ccccn4)NC(=S)N3Cc3ccccn3)o2)cc1. The Bertz CT molecular complexity index is 1280.